The van der Waals surface area contributed by atoms with Crippen LogP contribution in [0.25, 0.3) is 5.82 Å². The van der Waals surface area contributed by atoms with Crippen LogP contribution >= 0.6 is 15.9 Å². The quantitative estimate of drug-likeness (QED) is 0.788. The fraction of sp³-hybridized carbons (Fsp3) is 0.200. The van der Waals surface area contributed by atoms with Crippen LogP contribution in [0.2, 0.25) is 0 Å². The van der Waals surface area contributed by atoms with E-state index in [1.807, 2.05) is 13.0 Å². The number of pyridine rings is 1. The number of alkyl halides is 1. The minimum Gasteiger partial charge on any atom is -0.236 e. The summed E-state index contributed by atoms with van der Waals surface area (Å²) in [5.41, 5.74) is 0.525. The highest BCUT2D eigenvalue weighted by molar-refractivity contribution is 9.09. The Morgan fingerprint density at radius 1 is 1.44 bits per heavy atom. The van der Waals surface area contributed by atoms with Crippen molar-refractivity contribution in [2.75, 3.05) is 0 Å². The summed E-state index contributed by atoms with van der Waals surface area (Å²) >= 11 is 3.43. The third kappa shape index (κ3) is 1.95. The van der Waals surface area contributed by atoms with Crippen molar-refractivity contribution in [1.29, 1.82) is 5.26 Å². The fourth-order valence-corrected chi connectivity index (χ4v) is 1.59. The van der Waals surface area contributed by atoms with E-state index >= 15 is 0 Å². The highest BCUT2D eigenvalue weighted by Gasteiger charge is 2.11. The maximum absolute atomic E-state index is 8.67. The van der Waals surface area contributed by atoms with Crippen LogP contribution in [-0.2, 0) is 0 Å². The number of hydrogen-bond donors (Lipinski definition) is 0. The summed E-state index contributed by atoms with van der Waals surface area (Å²) in [5.74, 6) is 1.43. The van der Waals surface area contributed by atoms with Crippen LogP contribution < -0.4 is 0 Å². The first kappa shape index (κ1) is 10.8. The fourth-order valence-electron chi connectivity index (χ4n) is 1.28. The minimum absolute atomic E-state index is 0.0902. The van der Waals surface area contributed by atoms with E-state index in [2.05, 4.69) is 31.0 Å². The molecule has 0 aliphatic heterocycles. The molecule has 80 valence electrons. The predicted octanol–water partition coefficient (Wildman–Crippen LogP) is 1.99. The smallest absolute Gasteiger partial charge is 0.155 e. The van der Waals surface area contributed by atoms with Gasteiger partial charge < -0.3 is 0 Å². The van der Waals surface area contributed by atoms with Crippen LogP contribution in [0.5, 0.6) is 0 Å². The topological polar surface area (TPSA) is 67.4 Å². The number of nitrogens with zero attached hydrogens (tertiary/aromatic N) is 5. The van der Waals surface area contributed by atoms with E-state index in [0.29, 0.717) is 11.4 Å². The van der Waals surface area contributed by atoms with Crippen molar-refractivity contribution < 1.29 is 0 Å². The van der Waals surface area contributed by atoms with Crippen LogP contribution in [0, 0.1) is 11.3 Å². The Labute approximate surface area is 101 Å². The van der Waals surface area contributed by atoms with Gasteiger partial charge in [-0.1, -0.05) is 15.9 Å². The Morgan fingerprint density at radius 3 is 2.81 bits per heavy atom. The number of halogens is 1. The molecule has 6 heteroatoms. The molecule has 0 aliphatic rings. The lowest BCUT2D eigenvalue weighted by atomic mass is 10.3. The van der Waals surface area contributed by atoms with Crippen molar-refractivity contribution in [2.45, 2.75) is 11.8 Å². The van der Waals surface area contributed by atoms with Crippen LogP contribution in [0.4, 0.5) is 0 Å². The molecule has 0 aromatic carbocycles. The molecule has 1 atom stereocenters. The highest BCUT2D eigenvalue weighted by atomic mass is 79.9. The number of rotatable bonds is 2. The Kier molecular flexibility index (Phi) is 2.97. The molecular weight excluding hydrogens is 270 g/mol. The van der Waals surface area contributed by atoms with Gasteiger partial charge in [-0.05, 0) is 19.1 Å². The molecule has 0 bridgehead atoms. The van der Waals surface area contributed by atoms with Gasteiger partial charge in [0.05, 0.1) is 10.4 Å². The van der Waals surface area contributed by atoms with Gasteiger partial charge in [0.15, 0.2) is 5.82 Å². The average molecular weight is 278 g/mol. The molecule has 16 heavy (non-hydrogen) atoms. The largest absolute Gasteiger partial charge is 0.236 e. The maximum atomic E-state index is 8.67. The standard InChI is InChI=1S/C10H8BrN5/c1-7(11)10-14-6-15-16(10)9-3-2-8(4-12)5-13-9/h2-3,5-7H,1H3. The first-order chi connectivity index (χ1) is 7.72. The van der Waals surface area contributed by atoms with Gasteiger partial charge in [0, 0.05) is 6.20 Å². The van der Waals surface area contributed by atoms with Gasteiger partial charge in [0.1, 0.15) is 18.2 Å². The lowest BCUT2D eigenvalue weighted by Crippen LogP contribution is -2.05. The van der Waals surface area contributed by atoms with Crippen LogP contribution in [0.1, 0.15) is 23.1 Å². The second kappa shape index (κ2) is 4.41. The van der Waals surface area contributed by atoms with Crippen molar-refractivity contribution in [3.8, 4) is 11.9 Å². The van der Waals surface area contributed by atoms with Crippen molar-refractivity contribution in [2.24, 2.45) is 0 Å². The molecule has 2 aromatic heterocycles. The molecule has 0 radical (unpaired) electrons. The number of aromatic nitrogens is 4. The molecular formula is C10H8BrN5. The van der Waals surface area contributed by atoms with Gasteiger partial charge in [-0.25, -0.2) is 9.97 Å². The van der Waals surface area contributed by atoms with E-state index in [0.717, 1.165) is 5.82 Å². The predicted molar refractivity (Wildman–Crippen MR) is 61.2 cm³/mol. The van der Waals surface area contributed by atoms with Crippen molar-refractivity contribution in [1.82, 2.24) is 19.7 Å². The maximum Gasteiger partial charge on any atom is 0.155 e. The van der Waals surface area contributed by atoms with Gasteiger partial charge in [-0.3, -0.25) is 0 Å². The van der Waals surface area contributed by atoms with Crippen molar-refractivity contribution in [3.63, 3.8) is 0 Å². The first-order valence-electron chi connectivity index (χ1n) is 4.63. The van der Waals surface area contributed by atoms with E-state index < -0.39 is 0 Å². The lowest BCUT2D eigenvalue weighted by molar-refractivity contribution is 0.775. The Balaban J connectivity index is 2.43. The second-order valence-corrected chi connectivity index (χ2v) is 4.54. The summed E-state index contributed by atoms with van der Waals surface area (Å²) in [6.07, 6.45) is 2.99. The number of hydrogen-bond acceptors (Lipinski definition) is 4. The Bertz CT molecular complexity index is 523. The SMILES string of the molecule is CC(Br)c1ncnn1-c1ccc(C#N)cn1. The molecule has 5 nitrogen and oxygen atoms in total. The molecule has 2 heterocycles. The molecule has 0 saturated heterocycles. The minimum atomic E-state index is 0.0902. The Morgan fingerprint density at radius 2 is 2.25 bits per heavy atom. The van der Waals surface area contributed by atoms with Crippen LogP contribution in [0.15, 0.2) is 24.7 Å². The van der Waals surface area contributed by atoms with E-state index in [1.54, 1.807) is 16.8 Å². The zero-order valence-electron chi connectivity index (χ0n) is 8.50. The van der Waals surface area contributed by atoms with E-state index in [1.165, 1.54) is 12.5 Å². The van der Waals surface area contributed by atoms with Crippen molar-refractivity contribution >= 4 is 15.9 Å². The summed E-state index contributed by atoms with van der Waals surface area (Å²) in [5, 5.41) is 12.8. The monoisotopic (exact) mass is 277 g/mol. The molecule has 0 aliphatic carbocycles. The third-order valence-electron chi connectivity index (χ3n) is 2.02. The summed E-state index contributed by atoms with van der Waals surface area (Å²) in [6.45, 7) is 1.96. The summed E-state index contributed by atoms with van der Waals surface area (Å²) in [6, 6.07) is 5.46. The molecule has 2 aromatic rings. The first-order valence-corrected chi connectivity index (χ1v) is 5.54. The normalized spacial score (nSPS) is 12.1. The Hall–Kier alpha value is -1.74. The second-order valence-electron chi connectivity index (χ2n) is 3.16. The van der Waals surface area contributed by atoms with E-state index in [4.69, 9.17) is 5.26 Å². The van der Waals surface area contributed by atoms with Crippen LogP contribution in [-0.4, -0.2) is 19.7 Å². The molecule has 0 saturated carbocycles. The molecule has 1 unspecified atom stereocenters. The molecule has 0 spiro atoms. The van der Waals surface area contributed by atoms with Crippen molar-refractivity contribution in [3.05, 3.63) is 36.0 Å². The lowest BCUT2D eigenvalue weighted by Gasteiger charge is -2.05. The summed E-state index contributed by atoms with van der Waals surface area (Å²) in [7, 11) is 0. The molecule has 0 amide bonds. The number of nitriles is 1. The highest BCUT2D eigenvalue weighted by Crippen LogP contribution is 2.20. The van der Waals surface area contributed by atoms with Gasteiger partial charge in [0.25, 0.3) is 0 Å². The third-order valence-corrected chi connectivity index (χ3v) is 2.43. The van der Waals surface area contributed by atoms with E-state index in [9.17, 15) is 0 Å². The molecule has 2 rings (SSSR count). The summed E-state index contributed by atoms with van der Waals surface area (Å²) < 4.78 is 1.64. The summed E-state index contributed by atoms with van der Waals surface area (Å²) in [4.78, 5) is 8.38. The van der Waals surface area contributed by atoms with Gasteiger partial charge in [0.2, 0.25) is 0 Å². The molecule has 0 N–H and O–H groups in total. The van der Waals surface area contributed by atoms with Gasteiger partial charge in [-0.15, -0.1) is 0 Å². The zero-order valence-corrected chi connectivity index (χ0v) is 10.1. The zero-order chi connectivity index (χ0) is 11.5. The average Bonchev–Trinajstić information content (AvgIpc) is 2.78. The van der Waals surface area contributed by atoms with Crippen LogP contribution in [0.3, 0.4) is 0 Å². The van der Waals surface area contributed by atoms with Gasteiger partial charge >= 0.3 is 0 Å². The van der Waals surface area contributed by atoms with Gasteiger partial charge in [-0.2, -0.15) is 15.0 Å². The van der Waals surface area contributed by atoms with E-state index in [-0.39, 0.29) is 4.83 Å². The molecule has 0 fully saturated rings.